The zero-order valence-electron chi connectivity index (χ0n) is 11.1. The lowest BCUT2D eigenvalue weighted by molar-refractivity contribution is -0.129. The van der Waals surface area contributed by atoms with Crippen LogP contribution in [0.4, 0.5) is 5.82 Å². The Bertz CT molecular complexity index is 419. The third-order valence-electron chi connectivity index (χ3n) is 3.40. The van der Waals surface area contributed by atoms with Gasteiger partial charge in [0.15, 0.2) is 0 Å². The smallest absolute Gasteiger partial charge is 0.219 e. The molecule has 18 heavy (non-hydrogen) atoms. The number of aromatic nitrogens is 1. The van der Waals surface area contributed by atoms with E-state index >= 15 is 0 Å². The van der Waals surface area contributed by atoms with E-state index in [2.05, 4.69) is 23.3 Å². The average molecular weight is 247 g/mol. The van der Waals surface area contributed by atoms with Gasteiger partial charge in [-0.15, -0.1) is 0 Å². The minimum absolute atomic E-state index is 0.155. The van der Waals surface area contributed by atoms with Crippen LogP contribution in [0.1, 0.15) is 44.7 Å². The maximum atomic E-state index is 11.6. The Morgan fingerprint density at radius 2 is 2.44 bits per heavy atom. The van der Waals surface area contributed by atoms with Crippen molar-refractivity contribution in [2.45, 2.75) is 39.2 Å². The molecule has 4 heteroatoms. The van der Waals surface area contributed by atoms with Crippen LogP contribution < -0.4 is 5.32 Å². The van der Waals surface area contributed by atoms with E-state index < -0.39 is 0 Å². The molecule has 1 atom stereocenters. The maximum Gasteiger partial charge on any atom is 0.219 e. The summed E-state index contributed by atoms with van der Waals surface area (Å²) in [5.41, 5.74) is 1.15. The van der Waals surface area contributed by atoms with Crippen molar-refractivity contribution in [1.29, 1.82) is 0 Å². The number of hydrogen-bond acceptors (Lipinski definition) is 3. The Kier molecular flexibility index (Phi) is 4.18. The van der Waals surface area contributed by atoms with Crippen molar-refractivity contribution < 1.29 is 4.79 Å². The minimum Gasteiger partial charge on any atom is -0.370 e. The first-order valence-electron chi connectivity index (χ1n) is 6.70. The molecule has 0 spiro atoms. The van der Waals surface area contributed by atoms with Crippen molar-refractivity contribution in [2.24, 2.45) is 0 Å². The maximum absolute atomic E-state index is 11.6. The number of pyridine rings is 1. The molecule has 0 bridgehead atoms. The normalized spacial score (nSPS) is 19.0. The predicted octanol–water partition coefficient (Wildman–Crippen LogP) is 2.59. The highest BCUT2D eigenvalue weighted by Crippen LogP contribution is 2.34. The van der Waals surface area contributed by atoms with Crippen molar-refractivity contribution in [2.75, 3.05) is 18.4 Å². The first-order chi connectivity index (χ1) is 8.74. The molecule has 1 N–H and O–H groups in total. The first kappa shape index (κ1) is 12.9. The molecule has 0 aliphatic carbocycles. The third-order valence-corrected chi connectivity index (χ3v) is 3.40. The van der Waals surface area contributed by atoms with E-state index in [1.165, 1.54) is 0 Å². The number of nitrogens with zero attached hydrogens (tertiary/aromatic N) is 2. The van der Waals surface area contributed by atoms with E-state index in [0.29, 0.717) is 0 Å². The van der Waals surface area contributed by atoms with Gasteiger partial charge in [-0.1, -0.05) is 13.0 Å². The van der Waals surface area contributed by atoms with Crippen LogP contribution >= 0.6 is 0 Å². The van der Waals surface area contributed by atoms with E-state index in [4.69, 9.17) is 0 Å². The highest BCUT2D eigenvalue weighted by atomic mass is 16.2. The van der Waals surface area contributed by atoms with E-state index in [0.717, 1.165) is 43.7 Å². The van der Waals surface area contributed by atoms with E-state index in [-0.39, 0.29) is 11.9 Å². The first-order valence-corrected chi connectivity index (χ1v) is 6.70. The molecular weight excluding hydrogens is 226 g/mol. The summed E-state index contributed by atoms with van der Waals surface area (Å²) in [7, 11) is 0. The van der Waals surface area contributed by atoms with Crippen LogP contribution in [0.5, 0.6) is 0 Å². The Balaban J connectivity index is 2.23. The Hall–Kier alpha value is -1.58. The summed E-state index contributed by atoms with van der Waals surface area (Å²) in [5.74, 6) is 1.08. The van der Waals surface area contributed by atoms with Crippen LogP contribution in [-0.2, 0) is 4.79 Å². The molecule has 1 aliphatic heterocycles. The largest absolute Gasteiger partial charge is 0.370 e. The molecule has 1 aromatic rings. The van der Waals surface area contributed by atoms with Gasteiger partial charge >= 0.3 is 0 Å². The molecule has 2 rings (SSSR count). The van der Waals surface area contributed by atoms with Gasteiger partial charge in [-0.05, 0) is 25.3 Å². The molecule has 1 aliphatic rings. The molecule has 0 saturated carbocycles. The molecule has 1 amide bonds. The Labute approximate surface area is 108 Å². The van der Waals surface area contributed by atoms with Crippen LogP contribution in [0.3, 0.4) is 0 Å². The fourth-order valence-electron chi connectivity index (χ4n) is 2.54. The molecule has 98 valence electrons. The lowest BCUT2D eigenvalue weighted by atomic mass is 10.1. The molecule has 0 aromatic carbocycles. The van der Waals surface area contributed by atoms with Crippen LogP contribution in [0, 0.1) is 0 Å². The topological polar surface area (TPSA) is 45.2 Å². The van der Waals surface area contributed by atoms with Crippen LogP contribution in [-0.4, -0.2) is 28.9 Å². The summed E-state index contributed by atoms with van der Waals surface area (Å²) in [6, 6.07) is 4.22. The van der Waals surface area contributed by atoms with Crippen molar-refractivity contribution in [3.8, 4) is 0 Å². The molecule has 1 aromatic heterocycles. The molecule has 2 heterocycles. The lowest BCUT2D eigenvalue weighted by Crippen LogP contribution is -2.28. The van der Waals surface area contributed by atoms with E-state index in [1.54, 1.807) is 13.1 Å². The third kappa shape index (κ3) is 2.63. The molecule has 0 radical (unpaired) electrons. The standard InChI is InChI=1S/C14H21N3O/c1-3-8-15-14-12(6-4-9-16-14)13-7-5-10-17(13)11(2)18/h4,6,9,13H,3,5,7-8,10H2,1-2H3,(H,15,16). The summed E-state index contributed by atoms with van der Waals surface area (Å²) in [6.45, 7) is 5.56. The zero-order valence-corrected chi connectivity index (χ0v) is 11.1. The summed E-state index contributed by atoms with van der Waals surface area (Å²) in [6.07, 6.45) is 4.98. The molecular formula is C14H21N3O. The number of likely N-dealkylation sites (tertiary alicyclic amines) is 1. The molecule has 1 fully saturated rings. The molecule has 4 nitrogen and oxygen atoms in total. The zero-order chi connectivity index (χ0) is 13.0. The number of amides is 1. The number of nitrogens with one attached hydrogen (secondary N) is 1. The minimum atomic E-state index is 0.155. The monoisotopic (exact) mass is 247 g/mol. The van der Waals surface area contributed by atoms with Gasteiger partial charge in [-0.25, -0.2) is 4.98 Å². The van der Waals surface area contributed by atoms with Gasteiger partial charge in [0.1, 0.15) is 5.82 Å². The molecule has 1 saturated heterocycles. The number of carbonyl (C=O) groups excluding carboxylic acids is 1. The Morgan fingerprint density at radius 3 is 3.17 bits per heavy atom. The van der Waals surface area contributed by atoms with Crippen molar-refractivity contribution >= 4 is 11.7 Å². The summed E-state index contributed by atoms with van der Waals surface area (Å²) >= 11 is 0. The summed E-state index contributed by atoms with van der Waals surface area (Å²) < 4.78 is 0. The van der Waals surface area contributed by atoms with Crippen molar-refractivity contribution in [3.05, 3.63) is 23.9 Å². The number of carbonyl (C=O) groups is 1. The van der Waals surface area contributed by atoms with Crippen molar-refractivity contribution in [1.82, 2.24) is 9.88 Å². The summed E-state index contributed by atoms with van der Waals surface area (Å²) in [4.78, 5) is 18.0. The number of anilines is 1. The van der Waals surface area contributed by atoms with Crippen LogP contribution in [0.2, 0.25) is 0 Å². The van der Waals surface area contributed by atoms with Crippen molar-refractivity contribution in [3.63, 3.8) is 0 Å². The lowest BCUT2D eigenvalue weighted by Gasteiger charge is -2.25. The second kappa shape index (κ2) is 5.85. The second-order valence-corrected chi connectivity index (χ2v) is 4.74. The van der Waals surface area contributed by atoms with Gasteiger partial charge in [0.05, 0.1) is 6.04 Å². The van der Waals surface area contributed by atoms with Gasteiger partial charge in [0.25, 0.3) is 0 Å². The van der Waals surface area contributed by atoms with Gasteiger partial charge in [-0.3, -0.25) is 4.79 Å². The van der Waals surface area contributed by atoms with Gasteiger partial charge in [-0.2, -0.15) is 0 Å². The van der Waals surface area contributed by atoms with Crippen LogP contribution in [0.25, 0.3) is 0 Å². The average Bonchev–Trinajstić information content (AvgIpc) is 2.86. The van der Waals surface area contributed by atoms with Gasteiger partial charge < -0.3 is 10.2 Å². The highest BCUT2D eigenvalue weighted by Gasteiger charge is 2.29. The SMILES string of the molecule is CCCNc1ncccc1C1CCCN1C(C)=O. The van der Waals surface area contributed by atoms with E-state index in [9.17, 15) is 4.79 Å². The van der Waals surface area contributed by atoms with E-state index in [1.807, 2.05) is 11.0 Å². The van der Waals surface area contributed by atoms with Gasteiger partial charge in [0.2, 0.25) is 5.91 Å². The highest BCUT2D eigenvalue weighted by molar-refractivity contribution is 5.74. The number of rotatable bonds is 4. The van der Waals surface area contributed by atoms with Gasteiger partial charge in [0, 0.05) is 31.8 Å². The predicted molar refractivity (Wildman–Crippen MR) is 72.4 cm³/mol. The van der Waals surface area contributed by atoms with Crippen LogP contribution in [0.15, 0.2) is 18.3 Å². The Morgan fingerprint density at radius 1 is 1.61 bits per heavy atom. The second-order valence-electron chi connectivity index (χ2n) is 4.74. The fraction of sp³-hybridized carbons (Fsp3) is 0.571. The summed E-state index contributed by atoms with van der Waals surface area (Å²) in [5, 5.41) is 3.35. The number of hydrogen-bond donors (Lipinski definition) is 1. The fourth-order valence-corrected chi connectivity index (χ4v) is 2.54. The quantitative estimate of drug-likeness (QED) is 0.889. The molecule has 1 unspecified atom stereocenters.